The van der Waals surface area contributed by atoms with E-state index in [9.17, 15) is 9.59 Å². The highest BCUT2D eigenvalue weighted by Gasteiger charge is 2.13. The summed E-state index contributed by atoms with van der Waals surface area (Å²) in [5.41, 5.74) is 2.45. The molecule has 0 saturated carbocycles. The van der Waals surface area contributed by atoms with Crippen LogP contribution >= 0.6 is 0 Å². The van der Waals surface area contributed by atoms with Crippen LogP contribution in [0.2, 0.25) is 0 Å². The number of aromatic nitrogens is 3. The lowest BCUT2D eigenvalue weighted by Gasteiger charge is -2.11. The van der Waals surface area contributed by atoms with Crippen molar-refractivity contribution in [3.05, 3.63) is 66.0 Å². The lowest BCUT2D eigenvalue weighted by Crippen LogP contribution is -2.15. The van der Waals surface area contributed by atoms with Crippen LogP contribution in [0.5, 0.6) is 0 Å². The van der Waals surface area contributed by atoms with Crippen LogP contribution in [0.1, 0.15) is 15.9 Å². The average molecular weight is 345 g/mol. The first-order valence-electron chi connectivity index (χ1n) is 7.82. The number of nitrogens with zero attached hydrogens (tertiary/aromatic N) is 5. The van der Waals surface area contributed by atoms with E-state index in [0.29, 0.717) is 29.0 Å². The summed E-state index contributed by atoms with van der Waals surface area (Å²) >= 11 is 0. The van der Waals surface area contributed by atoms with E-state index in [1.165, 1.54) is 15.9 Å². The van der Waals surface area contributed by atoms with Gasteiger partial charge in [-0.1, -0.05) is 12.1 Å². The van der Waals surface area contributed by atoms with Crippen molar-refractivity contribution < 1.29 is 9.59 Å². The average Bonchev–Trinajstić information content (AvgIpc) is 3.15. The monoisotopic (exact) mass is 345 g/mol. The highest BCUT2D eigenvalue weighted by atomic mass is 16.1. The summed E-state index contributed by atoms with van der Waals surface area (Å²) in [5.74, 6) is 0.390. The topological polar surface area (TPSA) is 91.9 Å². The summed E-state index contributed by atoms with van der Waals surface area (Å²) in [6.45, 7) is 0.0228. The molecule has 3 aromatic rings. The molecule has 26 heavy (non-hydrogen) atoms. The molecule has 0 atom stereocenters. The lowest BCUT2D eigenvalue weighted by molar-refractivity contribution is -0.107. The molecular formula is C19H15N5O2. The van der Waals surface area contributed by atoms with Gasteiger partial charge in [-0.2, -0.15) is 10.4 Å². The van der Waals surface area contributed by atoms with Gasteiger partial charge in [-0.05, 0) is 36.4 Å². The number of amides is 1. The van der Waals surface area contributed by atoms with Crippen LogP contribution in [0.3, 0.4) is 0 Å². The molecule has 0 aliphatic carbocycles. The van der Waals surface area contributed by atoms with Crippen LogP contribution in [0.15, 0.2) is 54.9 Å². The van der Waals surface area contributed by atoms with Crippen LogP contribution in [0.4, 0.5) is 5.69 Å². The maximum atomic E-state index is 12.5. The summed E-state index contributed by atoms with van der Waals surface area (Å²) in [5, 5.41) is 13.1. The molecule has 128 valence electrons. The van der Waals surface area contributed by atoms with Crippen molar-refractivity contribution in [2.24, 2.45) is 0 Å². The summed E-state index contributed by atoms with van der Waals surface area (Å²) in [4.78, 5) is 28.9. The van der Waals surface area contributed by atoms with Gasteiger partial charge in [-0.15, -0.1) is 0 Å². The third-order valence-electron chi connectivity index (χ3n) is 3.91. The minimum absolute atomic E-state index is 0.0228. The Morgan fingerprint density at radius 3 is 2.73 bits per heavy atom. The van der Waals surface area contributed by atoms with Gasteiger partial charge in [-0.25, -0.2) is 9.67 Å². The number of anilines is 1. The first-order chi connectivity index (χ1) is 12.6. The van der Waals surface area contributed by atoms with Gasteiger partial charge in [-0.3, -0.25) is 9.59 Å². The molecule has 0 saturated heterocycles. The third kappa shape index (κ3) is 3.49. The largest absolute Gasteiger partial charge is 0.318 e. The molecule has 1 amide bonds. The Morgan fingerprint density at radius 2 is 2.04 bits per heavy atom. The highest BCUT2D eigenvalue weighted by molar-refractivity contribution is 5.96. The number of ketones is 1. The number of Topliss-reactive ketones (excluding diaryl/α,β-unsaturated/α-hetero) is 1. The Labute approximate surface area is 150 Å². The molecule has 0 fully saturated rings. The summed E-state index contributed by atoms with van der Waals surface area (Å²) in [6, 6.07) is 15.8. The number of rotatable bonds is 6. The molecule has 0 bridgehead atoms. The first-order valence-corrected chi connectivity index (χ1v) is 7.82. The molecule has 1 aromatic heterocycles. The third-order valence-corrected chi connectivity index (χ3v) is 3.91. The SMILES string of the molecule is CN(C=O)c1ccc(C(=O)Cn2ncnc2-c2cccc(C#N)c2)cc1. The Bertz CT molecular complexity index is 986. The first kappa shape index (κ1) is 17.0. The van der Waals surface area contributed by atoms with Crippen LogP contribution < -0.4 is 4.90 Å². The molecule has 0 N–H and O–H groups in total. The van der Waals surface area contributed by atoms with E-state index in [2.05, 4.69) is 16.2 Å². The van der Waals surface area contributed by atoms with Crippen molar-refractivity contribution in [1.29, 1.82) is 5.26 Å². The molecule has 7 heteroatoms. The molecule has 7 nitrogen and oxygen atoms in total. The van der Waals surface area contributed by atoms with Crippen LogP contribution in [-0.2, 0) is 11.3 Å². The summed E-state index contributed by atoms with van der Waals surface area (Å²) in [7, 11) is 1.64. The van der Waals surface area contributed by atoms with Crippen molar-refractivity contribution in [2.75, 3.05) is 11.9 Å². The quantitative estimate of drug-likeness (QED) is 0.505. The molecule has 3 rings (SSSR count). The Hall–Kier alpha value is -3.79. The van der Waals surface area contributed by atoms with Crippen molar-refractivity contribution >= 4 is 17.9 Å². The Balaban J connectivity index is 1.82. The molecule has 2 aromatic carbocycles. The summed E-state index contributed by atoms with van der Waals surface area (Å²) in [6.07, 6.45) is 2.08. The zero-order valence-corrected chi connectivity index (χ0v) is 14.0. The van der Waals surface area contributed by atoms with Crippen molar-refractivity contribution in [3.8, 4) is 17.5 Å². The fraction of sp³-hybridized carbons (Fsp3) is 0.105. The molecule has 0 aliphatic heterocycles. The smallest absolute Gasteiger partial charge is 0.213 e. The highest BCUT2D eigenvalue weighted by Crippen LogP contribution is 2.19. The Morgan fingerprint density at radius 1 is 1.27 bits per heavy atom. The summed E-state index contributed by atoms with van der Waals surface area (Å²) < 4.78 is 1.50. The van der Waals surface area contributed by atoms with Gasteiger partial charge in [0.2, 0.25) is 6.41 Å². The van der Waals surface area contributed by atoms with Gasteiger partial charge < -0.3 is 4.90 Å². The number of hydrogen-bond acceptors (Lipinski definition) is 5. The zero-order valence-electron chi connectivity index (χ0n) is 14.0. The van der Waals surface area contributed by atoms with E-state index in [4.69, 9.17) is 5.26 Å². The van der Waals surface area contributed by atoms with E-state index in [-0.39, 0.29) is 12.3 Å². The molecule has 0 aliphatic rings. The van der Waals surface area contributed by atoms with Crippen molar-refractivity contribution in [1.82, 2.24) is 14.8 Å². The normalized spacial score (nSPS) is 10.2. The molecule has 0 radical (unpaired) electrons. The fourth-order valence-electron chi connectivity index (χ4n) is 2.50. The van der Waals surface area contributed by atoms with Gasteiger partial charge in [0.1, 0.15) is 12.9 Å². The lowest BCUT2D eigenvalue weighted by atomic mass is 10.1. The maximum Gasteiger partial charge on any atom is 0.213 e. The van der Waals surface area contributed by atoms with Gasteiger partial charge >= 0.3 is 0 Å². The van der Waals surface area contributed by atoms with Gasteiger partial charge in [0, 0.05) is 23.9 Å². The maximum absolute atomic E-state index is 12.5. The van der Waals surface area contributed by atoms with E-state index in [1.807, 2.05) is 6.07 Å². The second kappa shape index (κ2) is 7.40. The van der Waals surface area contributed by atoms with Gasteiger partial charge in [0.05, 0.1) is 11.6 Å². The van der Waals surface area contributed by atoms with E-state index < -0.39 is 0 Å². The molecular weight excluding hydrogens is 330 g/mol. The fourth-order valence-corrected chi connectivity index (χ4v) is 2.50. The minimum atomic E-state index is -0.131. The van der Waals surface area contributed by atoms with E-state index in [0.717, 1.165) is 5.56 Å². The second-order valence-corrected chi connectivity index (χ2v) is 5.62. The minimum Gasteiger partial charge on any atom is -0.318 e. The van der Waals surface area contributed by atoms with Crippen molar-refractivity contribution in [3.63, 3.8) is 0 Å². The predicted molar refractivity (Wildman–Crippen MR) is 95.4 cm³/mol. The van der Waals surface area contributed by atoms with E-state index in [1.54, 1.807) is 49.5 Å². The Kier molecular flexibility index (Phi) is 4.85. The van der Waals surface area contributed by atoms with Crippen LogP contribution in [-0.4, -0.2) is 34.0 Å². The number of carbonyl (C=O) groups excluding carboxylic acids is 2. The molecule has 0 spiro atoms. The van der Waals surface area contributed by atoms with E-state index >= 15 is 0 Å². The second-order valence-electron chi connectivity index (χ2n) is 5.62. The zero-order chi connectivity index (χ0) is 18.5. The number of carbonyl (C=O) groups is 2. The van der Waals surface area contributed by atoms with Crippen LogP contribution in [0.25, 0.3) is 11.4 Å². The number of benzene rings is 2. The van der Waals surface area contributed by atoms with Gasteiger partial charge in [0.15, 0.2) is 11.6 Å². The van der Waals surface area contributed by atoms with Crippen LogP contribution in [0, 0.1) is 11.3 Å². The van der Waals surface area contributed by atoms with Gasteiger partial charge in [0.25, 0.3) is 0 Å². The number of nitriles is 1. The molecule has 0 unspecified atom stereocenters. The standard InChI is InChI=1S/C19H15N5O2/c1-23(13-25)17-7-5-15(6-8-17)18(26)11-24-19(21-12-22-24)16-4-2-3-14(9-16)10-20/h2-9,12-13H,11H2,1H3. The predicted octanol–water partition coefficient (Wildman–Crippen LogP) is 2.29. The number of hydrogen-bond donors (Lipinski definition) is 0. The van der Waals surface area contributed by atoms with Crippen molar-refractivity contribution in [2.45, 2.75) is 6.54 Å². The molecule has 1 heterocycles.